The molecule has 1 aromatic heterocycles. The average Bonchev–Trinajstić information content (AvgIpc) is 3.20. The van der Waals surface area contributed by atoms with Crippen molar-refractivity contribution < 1.29 is 30.0 Å². The van der Waals surface area contributed by atoms with Gasteiger partial charge in [-0.2, -0.15) is 0 Å². The van der Waals surface area contributed by atoms with Gasteiger partial charge in [-0.15, -0.1) is 11.3 Å². The molecule has 8 nitrogen and oxygen atoms in total. The first-order valence-electron chi connectivity index (χ1n) is 12.4. The summed E-state index contributed by atoms with van der Waals surface area (Å²) in [5.74, 6) is -2.45. The van der Waals surface area contributed by atoms with Crippen LogP contribution in [-0.4, -0.2) is 61.5 Å². The molecule has 0 fully saturated rings. The van der Waals surface area contributed by atoms with Crippen LogP contribution in [0, 0.1) is 24.2 Å². The summed E-state index contributed by atoms with van der Waals surface area (Å²) in [6.07, 6.45) is 2.27. The lowest BCUT2D eigenvalue weighted by atomic mass is 9.73. The number of carbonyl (C=O) groups is 2. The molecule has 6 atom stereocenters. The number of thiazole rings is 1. The van der Waals surface area contributed by atoms with Gasteiger partial charge in [-0.05, 0) is 57.6 Å². The number of rotatable bonds is 15. The van der Waals surface area contributed by atoms with Crippen molar-refractivity contribution in [1.82, 2.24) is 4.98 Å². The van der Waals surface area contributed by atoms with Crippen molar-refractivity contribution in [3.63, 3.8) is 0 Å². The second kappa shape index (κ2) is 14.1. The van der Waals surface area contributed by atoms with Crippen molar-refractivity contribution in [1.29, 1.82) is 0 Å². The average molecular weight is 525 g/mol. The predicted octanol–water partition coefficient (Wildman–Crippen LogP) is 3.72. The number of Topliss-reactive ketones (excluding diaryl/α,β-unsaturated/α-hetero) is 1. The molecule has 0 aliphatic heterocycles. The molecule has 36 heavy (non-hydrogen) atoms. The van der Waals surface area contributed by atoms with Gasteiger partial charge >= 0.3 is 5.97 Å². The van der Waals surface area contributed by atoms with E-state index < -0.39 is 48.1 Å². The highest BCUT2D eigenvalue weighted by molar-refractivity contribution is 7.09. The number of carbonyl (C=O) groups excluding carboxylic acids is 1. The van der Waals surface area contributed by atoms with E-state index in [1.165, 1.54) is 13.8 Å². The number of nitrogens with zero attached hydrogens (tertiary/aromatic N) is 1. The maximum absolute atomic E-state index is 12.9. The first-order valence-corrected chi connectivity index (χ1v) is 13.3. The molecule has 9 heteroatoms. The van der Waals surface area contributed by atoms with Gasteiger partial charge in [0.15, 0.2) is 0 Å². The van der Waals surface area contributed by atoms with Crippen LogP contribution in [-0.2, 0) is 9.59 Å². The van der Waals surface area contributed by atoms with Crippen molar-refractivity contribution in [2.75, 3.05) is 0 Å². The summed E-state index contributed by atoms with van der Waals surface area (Å²) in [6, 6.07) is -0.555. The molecule has 0 radical (unpaired) electrons. The van der Waals surface area contributed by atoms with Crippen LogP contribution < -0.4 is 5.73 Å². The Hall–Kier alpha value is -1.91. The fourth-order valence-corrected chi connectivity index (χ4v) is 4.83. The summed E-state index contributed by atoms with van der Waals surface area (Å²) in [5, 5.41) is 43.3. The Balaban J connectivity index is 2.62. The number of ketones is 1. The second-order valence-corrected chi connectivity index (χ2v) is 11.6. The Kier molecular flexibility index (Phi) is 12.6. The van der Waals surface area contributed by atoms with Gasteiger partial charge in [0.1, 0.15) is 5.78 Å². The number of aliphatic carboxylic acids is 1. The largest absolute Gasteiger partial charge is 0.481 e. The standard InChI is InChI=1S/C27H44N2O6S/c1-15(11-21(28)25(34)17(3)12-20-14-36-19(5)29-20)9-8-10-16(2)24(33)18(4)26(35)27(6,7)22(30)13-23(31)32/h11-12,14,16,18,21-22,24-25,30,33-34H,8-10,13,28H2,1-7H3,(H,31,32)/b15-11-,17-12+. The third kappa shape index (κ3) is 9.52. The number of carboxylic acid groups (broad SMARTS) is 1. The number of aliphatic hydroxyl groups excluding tert-OH is 3. The van der Waals surface area contributed by atoms with Gasteiger partial charge in [-0.3, -0.25) is 9.59 Å². The number of hydrogen-bond acceptors (Lipinski definition) is 8. The molecule has 0 aromatic carbocycles. The zero-order valence-corrected chi connectivity index (χ0v) is 23.4. The molecular formula is C27H44N2O6S. The van der Waals surface area contributed by atoms with E-state index >= 15 is 0 Å². The van der Waals surface area contributed by atoms with Gasteiger partial charge in [0.2, 0.25) is 0 Å². The minimum atomic E-state index is -1.33. The quantitative estimate of drug-likeness (QED) is 0.218. The monoisotopic (exact) mass is 524 g/mol. The van der Waals surface area contributed by atoms with Crippen LogP contribution in [0.2, 0.25) is 0 Å². The predicted molar refractivity (Wildman–Crippen MR) is 143 cm³/mol. The molecule has 0 amide bonds. The number of hydrogen-bond donors (Lipinski definition) is 5. The van der Waals surface area contributed by atoms with Gasteiger partial charge < -0.3 is 26.2 Å². The number of allylic oxidation sites excluding steroid dienone is 1. The van der Waals surface area contributed by atoms with Crippen LogP contribution >= 0.6 is 11.3 Å². The molecule has 0 aliphatic carbocycles. The first kappa shape index (κ1) is 32.1. The molecule has 0 saturated heterocycles. The molecule has 6 unspecified atom stereocenters. The molecule has 1 aromatic rings. The fraction of sp³-hybridized carbons (Fsp3) is 0.667. The van der Waals surface area contributed by atoms with Gasteiger partial charge in [0, 0.05) is 11.3 Å². The lowest BCUT2D eigenvalue weighted by Gasteiger charge is -2.34. The van der Waals surface area contributed by atoms with E-state index in [-0.39, 0.29) is 11.7 Å². The number of nitrogens with two attached hydrogens (primary N) is 1. The van der Waals surface area contributed by atoms with E-state index in [2.05, 4.69) is 4.98 Å². The van der Waals surface area contributed by atoms with Crippen LogP contribution in [0.4, 0.5) is 0 Å². The maximum atomic E-state index is 12.9. The number of carboxylic acids is 1. The smallest absolute Gasteiger partial charge is 0.306 e. The van der Waals surface area contributed by atoms with Gasteiger partial charge in [-0.25, -0.2) is 4.98 Å². The van der Waals surface area contributed by atoms with Gasteiger partial charge in [0.05, 0.1) is 46.9 Å². The molecular weight excluding hydrogens is 480 g/mol. The summed E-state index contributed by atoms with van der Waals surface area (Å²) >= 11 is 1.55. The topological polar surface area (TPSA) is 154 Å². The fourth-order valence-electron chi connectivity index (χ4n) is 4.26. The van der Waals surface area contributed by atoms with E-state index in [1.807, 2.05) is 45.2 Å². The highest BCUT2D eigenvalue weighted by Crippen LogP contribution is 2.31. The Morgan fingerprint density at radius 2 is 1.81 bits per heavy atom. The lowest BCUT2D eigenvalue weighted by molar-refractivity contribution is -0.147. The number of aryl methyl sites for hydroxylation is 1. The lowest BCUT2D eigenvalue weighted by Crippen LogP contribution is -2.45. The first-order chi connectivity index (χ1) is 16.6. The van der Waals surface area contributed by atoms with Crippen LogP contribution in [0.3, 0.4) is 0 Å². The molecule has 0 spiro atoms. The van der Waals surface area contributed by atoms with Crippen LogP contribution in [0.5, 0.6) is 0 Å². The van der Waals surface area contributed by atoms with Gasteiger partial charge in [0.25, 0.3) is 0 Å². The van der Waals surface area contributed by atoms with E-state index in [0.29, 0.717) is 6.42 Å². The van der Waals surface area contributed by atoms with E-state index in [4.69, 9.17) is 10.8 Å². The second-order valence-electron chi connectivity index (χ2n) is 10.6. The molecule has 1 heterocycles. The third-order valence-electron chi connectivity index (χ3n) is 6.90. The minimum Gasteiger partial charge on any atom is -0.481 e. The molecule has 0 saturated carbocycles. The molecule has 1 rings (SSSR count). The Morgan fingerprint density at radius 3 is 2.33 bits per heavy atom. The summed E-state index contributed by atoms with van der Waals surface area (Å²) < 4.78 is 0. The van der Waals surface area contributed by atoms with Crippen molar-refractivity contribution >= 4 is 29.2 Å². The van der Waals surface area contributed by atoms with Crippen LogP contribution in [0.1, 0.15) is 77.9 Å². The molecule has 204 valence electrons. The Bertz CT molecular complexity index is 938. The van der Waals surface area contributed by atoms with Gasteiger partial charge in [-0.1, -0.05) is 39.3 Å². The van der Waals surface area contributed by atoms with Crippen molar-refractivity contribution in [2.24, 2.45) is 23.0 Å². The highest BCUT2D eigenvalue weighted by atomic mass is 32.1. The highest BCUT2D eigenvalue weighted by Gasteiger charge is 2.41. The molecule has 0 aliphatic rings. The van der Waals surface area contributed by atoms with Crippen LogP contribution in [0.15, 0.2) is 22.6 Å². The van der Waals surface area contributed by atoms with Crippen molar-refractivity contribution in [2.45, 2.75) is 98.5 Å². The minimum absolute atomic E-state index is 0.171. The van der Waals surface area contributed by atoms with Crippen molar-refractivity contribution in [3.05, 3.63) is 33.3 Å². The van der Waals surface area contributed by atoms with E-state index in [0.717, 1.165) is 34.7 Å². The molecule has 6 N–H and O–H groups in total. The zero-order chi connectivity index (χ0) is 27.8. The SMILES string of the molecule is C/C(=C/C(N)C(O)/C(C)=C/c1csc(C)n1)CCCC(C)C(O)C(C)C(=O)C(C)(C)C(O)CC(=O)O. The third-order valence-corrected chi connectivity index (χ3v) is 7.69. The Labute approximate surface area is 219 Å². The number of aromatic nitrogens is 1. The summed E-state index contributed by atoms with van der Waals surface area (Å²) in [5.41, 5.74) is 7.51. The summed E-state index contributed by atoms with van der Waals surface area (Å²) in [4.78, 5) is 28.2. The maximum Gasteiger partial charge on any atom is 0.306 e. The summed E-state index contributed by atoms with van der Waals surface area (Å²) in [7, 11) is 0. The molecule has 0 bridgehead atoms. The Morgan fingerprint density at radius 1 is 1.19 bits per heavy atom. The summed E-state index contributed by atoms with van der Waals surface area (Å²) in [6.45, 7) is 12.2. The normalized spacial score (nSPS) is 18.3. The number of aliphatic hydroxyl groups is 3. The van der Waals surface area contributed by atoms with E-state index in [1.54, 1.807) is 18.3 Å². The van der Waals surface area contributed by atoms with Crippen molar-refractivity contribution in [3.8, 4) is 0 Å². The van der Waals surface area contributed by atoms with E-state index in [9.17, 15) is 24.9 Å². The zero-order valence-electron chi connectivity index (χ0n) is 22.6. The van der Waals surface area contributed by atoms with Crippen LogP contribution in [0.25, 0.3) is 6.08 Å².